The fourth-order valence-electron chi connectivity index (χ4n) is 3.28. The summed E-state index contributed by atoms with van der Waals surface area (Å²) in [6.07, 6.45) is -2.09. The van der Waals surface area contributed by atoms with Crippen molar-refractivity contribution < 1.29 is 18.0 Å². The van der Waals surface area contributed by atoms with Crippen molar-refractivity contribution in [3.8, 4) is 0 Å². The number of aromatic nitrogens is 1. The molecule has 0 aromatic carbocycles. The van der Waals surface area contributed by atoms with E-state index in [1.807, 2.05) is 17.9 Å². The number of aryl methyl sites for hydroxylation is 2. The lowest BCUT2D eigenvalue weighted by atomic mass is 10.2. The largest absolute Gasteiger partial charge is 0.417 e. The van der Waals surface area contributed by atoms with Crippen LogP contribution in [-0.2, 0) is 12.6 Å². The molecule has 1 aliphatic heterocycles. The van der Waals surface area contributed by atoms with Crippen molar-refractivity contribution in [1.29, 1.82) is 0 Å². The first-order valence-electron chi connectivity index (χ1n) is 9.07. The van der Waals surface area contributed by atoms with Gasteiger partial charge in [-0.2, -0.15) is 13.2 Å². The van der Waals surface area contributed by atoms with Crippen molar-refractivity contribution in [2.24, 2.45) is 0 Å². The molecule has 0 unspecified atom stereocenters. The molecule has 0 radical (unpaired) electrons. The van der Waals surface area contributed by atoms with Gasteiger partial charge < -0.3 is 9.80 Å². The van der Waals surface area contributed by atoms with E-state index in [1.165, 1.54) is 16.2 Å². The van der Waals surface area contributed by atoms with Gasteiger partial charge in [0.15, 0.2) is 0 Å². The topological polar surface area (TPSA) is 36.4 Å². The Kier molecular flexibility index (Phi) is 6.19. The number of thiophene rings is 1. The molecule has 152 valence electrons. The van der Waals surface area contributed by atoms with Gasteiger partial charge in [0.05, 0.1) is 15.5 Å². The molecule has 0 atom stereocenters. The smallest absolute Gasteiger partial charge is 0.354 e. The summed E-state index contributed by atoms with van der Waals surface area (Å²) in [5.74, 6) is 0.324. The number of halogens is 4. The maximum absolute atomic E-state index is 12.9. The van der Waals surface area contributed by atoms with Gasteiger partial charge in [-0.15, -0.1) is 11.3 Å². The molecule has 1 fully saturated rings. The fourth-order valence-corrected chi connectivity index (χ4v) is 4.65. The summed E-state index contributed by atoms with van der Waals surface area (Å²) in [7, 11) is 0. The zero-order valence-electron chi connectivity index (χ0n) is 15.6. The summed E-state index contributed by atoms with van der Waals surface area (Å²) >= 11 is 7.60. The van der Waals surface area contributed by atoms with Crippen LogP contribution in [0, 0.1) is 6.92 Å². The van der Waals surface area contributed by atoms with Gasteiger partial charge >= 0.3 is 6.18 Å². The van der Waals surface area contributed by atoms with Crippen LogP contribution in [0.2, 0.25) is 5.02 Å². The van der Waals surface area contributed by atoms with Gasteiger partial charge in [0, 0.05) is 37.3 Å². The van der Waals surface area contributed by atoms with E-state index in [0.717, 1.165) is 29.1 Å². The third-order valence-electron chi connectivity index (χ3n) is 4.78. The van der Waals surface area contributed by atoms with E-state index in [2.05, 4.69) is 11.9 Å². The number of anilines is 1. The van der Waals surface area contributed by atoms with Crippen LogP contribution in [0.15, 0.2) is 18.3 Å². The maximum atomic E-state index is 12.9. The van der Waals surface area contributed by atoms with E-state index in [1.54, 1.807) is 4.90 Å². The van der Waals surface area contributed by atoms with Gasteiger partial charge in [0.2, 0.25) is 0 Å². The SMILES string of the molecule is CCc1sc(C(=O)N2CCCN(c3ncc(C(F)(F)F)cc3Cl)CC2)cc1C. The molecule has 1 aliphatic rings. The van der Waals surface area contributed by atoms with E-state index in [4.69, 9.17) is 11.6 Å². The Morgan fingerprint density at radius 2 is 2.00 bits per heavy atom. The molecule has 0 spiro atoms. The Morgan fingerprint density at radius 1 is 1.25 bits per heavy atom. The van der Waals surface area contributed by atoms with Crippen molar-refractivity contribution in [2.75, 3.05) is 31.1 Å². The molecule has 9 heteroatoms. The second kappa shape index (κ2) is 8.29. The molecule has 28 heavy (non-hydrogen) atoms. The number of hydrogen-bond donors (Lipinski definition) is 0. The molecule has 0 N–H and O–H groups in total. The Bertz CT molecular complexity index is 869. The molecule has 2 aromatic heterocycles. The zero-order chi connectivity index (χ0) is 20.5. The lowest BCUT2D eigenvalue weighted by Gasteiger charge is -2.23. The molecule has 4 nitrogen and oxygen atoms in total. The predicted molar refractivity (Wildman–Crippen MR) is 105 cm³/mol. The fraction of sp³-hybridized carbons (Fsp3) is 0.474. The number of amides is 1. The summed E-state index contributed by atoms with van der Waals surface area (Å²) < 4.78 is 38.4. The van der Waals surface area contributed by atoms with Crippen LogP contribution in [-0.4, -0.2) is 42.0 Å². The van der Waals surface area contributed by atoms with Crippen molar-refractivity contribution in [3.05, 3.63) is 44.2 Å². The van der Waals surface area contributed by atoms with Gasteiger partial charge in [0.1, 0.15) is 5.82 Å². The van der Waals surface area contributed by atoms with Crippen LogP contribution >= 0.6 is 22.9 Å². The van der Waals surface area contributed by atoms with E-state index >= 15 is 0 Å². The normalized spacial score (nSPS) is 15.6. The molecule has 0 aliphatic carbocycles. The second-order valence-corrected chi connectivity index (χ2v) is 8.27. The summed E-state index contributed by atoms with van der Waals surface area (Å²) in [5.41, 5.74) is 0.265. The second-order valence-electron chi connectivity index (χ2n) is 6.73. The molecule has 2 aromatic rings. The summed E-state index contributed by atoms with van der Waals surface area (Å²) in [5, 5.41) is -0.0314. The highest BCUT2D eigenvalue weighted by atomic mass is 35.5. The quantitative estimate of drug-likeness (QED) is 0.683. The van der Waals surface area contributed by atoms with Crippen molar-refractivity contribution in [2.45, 2.75) is 32.9 Å². The molecule has 1 saturated heterocycles. The lowest BCUT2D eigenvalue weighted by Crippen LogP contribution is -2.35. The number of carbonyl (C=O) groups excluding carboxylic acids is 1. The Morgan fingerprint density at radius 3 is 2.61 bits per heavy atom. The van der Waals surface area contributed by atoms with Gasteiger partial charge in [-0.3, -0.25) is 4.79 Å². The first kappa shape index (κ1) is 20.9. The lowest BCUT2D eigenvalue weighted by molar-refractivity contribution is -0.137. The average Bonchev–Trinajstić information content (AvgIpc) is 2.86. The van der Waals surface area contributed by atoms with Crippen molar-refractivity contribution in [3.63, 3.8) is 0 Å². The van der Waals surface area contributed by atoms with E-state index in [9.17, 15) is 18.0 Å². The standard InChI is InChI=1S/C19H21ClF3N3OS/c1-3-15-12(2)9-16(28-15)18(27)26-6-4-5-25(7-8-26)17-14(20)10-13(11-24-17)19(21,22)23/h9-11H,3-8H2,1-2H3. The third kappa shape index (κ3) is 4.43. The highest BCUT2D eigenvalue weighted by molar-refractivity contribution is 7.14. The minimum absolute atomic E-state index is 0.00104. The Labute approximate surface area is 170 Å². The van der Waals surface area contributed by atoms with Crippen molar-refractivity contribution >= 4 is 34.7 Å². The van der Waals surface area contributed by atoms with Gasteiger partial charge in [-0.25, -0.2) is 4.98 Å². The number of alkyl halides is 3. The highest BCUT2D eigenvalue weighted by Crippen LogP contribution is 2.34. The molecular weight excluding hydrogens is 411 g/mol. The number of carbonyl (C=O) groups is 1. The van der Waals surface area contributed by atoms with E-state index < -0.39 is 11.7 Å². The zero-order valence-corrected chi connectivity index (χ0v) is 17.2. The van der Waals surface area contributed by atoms with Crippen LogP contribution in [0.3, 0.4) is 0 Å². The maximum Gasteiger partial charge on any atom is 0.417 e. The van der Waals surface area contributed by atoms with Crippen LogP contribution in [0.1, 0.15) is 39.0 Å². The van der Waals surface area contributed by atoms with Gasteiger partial charge in [-0.05, 0) is 37.5 Å². The van der Waals surface area contributed by atoms with E-state index in [-0.39, 0.29) is 10.9 Å². The van der Waals surface area contributed by atoms with Gasteiger partial charge in [-0.1, -0.05) is 18.5 Å². The summed E-state index contributed by atoms with van der Waals surface area (Å²) in [6.45, 7) is 6.18. The molecule has 1 amide bonds. The summed E-state index contributed by atoms with van der Waals surface area (Å²) in [6, 6.07) is 2.83. The van der Waals surface area contributed by atoms with Crippen LogP contribution in [0.4, 0.5) is 19.0 Å². The molecule has 0 bridgehead atoms. The number of rotatable bonds is 3. The minimum Gasteiger partial charge on any atom is -0.354 e. The number of hydrogen-bond acceptors (Lipinski definition) is 4. The van der Waals surface area contributed by atoms with E-state index in [0.29, 0.717) is 38.4 Å². The summed E-state index contributed by atoms with van der Waals surface area (Å²) in [4.78, 5) is 22.4. The Hall–Kier alpha value is -1.80. The minimum atomic E-state index is -4.48. The number of nitrogens with zero attached hydrogens (tertiary/aromatic N) is 3. The van der Waals surface area contributed by atoms with Crippen LogP contribution in [0.25, 0.3) is 0 Å². The Balaban J connectivity index is 1.72. The first-order chi connectivity index (χ1) is 13.2. The highest BCUT2D eigenvalue weighted by Gasteiger charge is 2.32. The van der Waals surface area contributed by atoms with Crippen LogP contribution in [0.5, 0.6) is 0 Å². The number of pyridine rings is 1. The molecule has 3 heterocycles. The monoisotopic (exact) mass is 431 g/mol. The first-order valence-corrected chi connectivity index (χ1v) is 10.3. The average molecular weight is 432 g/mol. The molecule has 0 saturated carbocycles. The third-order valence-corrected chi connectivity index (χ3v) is 6.43. The van der Waals surface area contributed by atoms with Gasteiger partial charge in [0.25, 0.3) is 5.91 Å². The predicted octanol–water partition coefficient (Wildman–Crippen LogP) is 5.04. The molecule has 3 rings (SSSR count). The van der Waals surface area contributed by atoms with Crippen LogP contribution < -0.4 is 4.90 Å². The van der Waals surface area contributed by atoms with Crippen molar-refractivity contribution in [1.82, 2.24) is 9.88 Å². The molecular formula is C19H21ClF3N3OS.